The zero-order chi connectivity index (χ0) is 13.4. The van der Waals surface area contributed by atoms with Gasteiger partial charge in [0.2, 0.25) is 5.91 Å². The molecule has 1 unspecified atom stereocenters. The molecule has 1 saturated carbocycles. The lowest BCUT2D eigenvalue weighted by molar-refractivity contribution is -0.116. The van der Waals surface area contributed by atoms with Crippen molar-refractivity contribution < 1.29 is 4.79 Å². The van der Waals surface area contributed by atoms with Crippen LogP contribution in [-0.2, 0) is 4.79 Å². The predicted molar refractivity (Wildman–Crippen MR) is 78.3 cm³/mol. The first kappa shape index (κ1) is 12.6. The number of nitrogens with zero attached hydrogens (tertiary/aromatic N) is 1. The number of carbonyl (C=O) groups is 1. The normalized spacial score (nSPS) is 16.5. The number of rotatable bonds is 4. The van der Waals surface area contributed by atoms with Crippen LogP contribution >= 0.6 is 11.3 Å². The number of aryl methyl sites for hydroxylation is 1. The number of hydrogen-bond acceptors (Lipinski definition) is 4. The number of aromatic nitrogens is 1. The van der Waals surface area contributed by atoms with Crippen molar-refractivity contribution in [2.75, 3.05) is 5.32 Å². The Hall–Kier alpha value is -1.46. The first-order valence-corrected chi connectivity index (χ1v) is 7.36. The van der Waals surface area contributed by atoms with E-state index < -0.39 is 0 Å². The van der Waals surface area contributed by atoms with Crippen LogP contribution < -0.4 is 11.1 Å². The number of carbonyl (C=O) groups excluding carboxylic acids is 1. The van der Waals surface area contributed by atoms with Crippen LogP contribution in [0.25, 0.3) is 10.2 Å². The number of hydrogen-bond donors (Lipinski definition) is 2. The Morgan fingerprint density at radius 3 is 3.11 bits per heavy atom. The third-order valence-electron chi connectivity index (χ3n) is 3.43. The van der Waals surface area contributed by atoms with Crippen LogP contribution in [0.4, 0.5) is 5.69 Å². The van der Waals surface area contributed by atoms with E-state index in [2.05, 4.69) is 10.3 Å². The molecule has 0 radical (unpaired) electrons. The summed E-state index contributed by atoms with van der Waals surface area (Å²) >= 11 is 1.64. The molecule has 3 rings (SSSR count). The number of nitrogens with two attached hydrogens (primary N) is 1. The van der Waals surface area contributed by atoms with E-state index >= 15 is 0 Å². The number of amides is 1. The monoisotopic (exact) mass is 275 g/mol. The van der Waals surface area contributed by atoms with E-state index in [1.165, 1.54) is 12.8 Å². The van der Waals surface area contributed by atoms with Gasteiger partial charge in [-0.1, -0.05) is 0 Å². The molecule has 0 spiro atoms. The van der Waals surface area contributed by atoms with Crippen LogP contribution in [0, 0.1) is 12.8 Å². The van der Waals surface area contributed by atoms with Gasteiger partial charge in [-0.15, -0.1) is 11.3 Å². The molecule has 1 heterocycles. The number of anilines is 1. The minimum Gasteiger partial charge on any atom is -0.327 e. The van der Waals surface area contributed by atoms with Gasteiger partial charge in [-0.2, -0.15) is 0 Å². The van der Waals surface area contributed by atoms with Crippen LogP contribution in [0.5, 0.6) is 0 Å². The zero-order valence-corrected chi connectivity index (χ0v) is 11.7. The first-order chi connectivity index (χ1) is 9.11. The maximum Gasteiger partial charge on any atom is 0.225 e. The predicted octanol–water partition coefficient (Wildman–Crippen LogP) is 2.67. The molecular formula is C14H17N3OS. The Bertz CT molecular complexity index is 618. The van der Waals surface area contributed by atoms with Crippen molar-refractivity contribution in [2.45, 2.75) is 32.2 Å². The van der Waals surface area contributed by atoms with Crippen molar-refractivity contribution in [3.8, 4) is 0 Å². The van der Waals surface area contributed by atoms with Gasteiger partial charge in [-0.25, -0.2) is 4.98 Å². The van der Waals surface area contributed by atoms with E-state index in [4.69, 9.17) is 5.73 Å². The van der Waals surface area contributed by atoms with Gasteiger partial charge in [-0.3, -0.25) is 4.79 Å². The van der Waals surface area contributed by atoms with Crippen molar-refractivity contribution in [1.82, 2.24) is 4.98 Å². The summed E-state index contributed by atoms with van der Waals surface area (Å²) in [5.41, 5.74) is 7.76. The van der Waals surface area contributed by atoms with Crippen molar-refractivity contribution in [3.63, 3.8) is 0 Å². The van der Waals surface area contributed by atoms with Gasteiger partial charge in [0.05, 0.1) is 15.2 Å². The standard InChI is InChI=1S/C14H17N3OS/c1-8-16-12-5-4-10(6-13(12)19-8)17-14(18)7-11(15)9-2-3-9/h4-6,9,11H,2-3,7,15H2,1H3,(H,17,18). The Morgan fingerprint density at radius 1 is 1.58 bits per heavy atom. The number of fused-ring (bicyclic) bond motifs is 1. The number of thiazole rings is 1. The molecule has 1 aromatic heterocycles. The van der Waals surface area contributed by atoms with Gasteiger partial charge in [0.25, 0.3) is 0 Å². The molecule has 1 aliphatic rings. The van der Waals surface area contributed by atoms with Crippen LogP contribution in [0.3, 0.4) is 0 Å². The summed E-state index contributed by atoms with van der Waals surface area (Å²) in [4.78, 5) is 16.3. The van der Waals surface area contributed by atoms with E-state index in [0.717, 1.165) is 20.9 Å². The molecule has 1 aromatic carbocycles. The SMILES string of the molecule is Cc1nc2ccc(NC(=O)CC(N)C3CC3)cc2s1. The summed E-state index contributed by atoms with van der Waals surface area (Å²) < 4.78 is 1.10. The lowest BCUT2D eigenvalue weighted by Crippen LogP contribution is -2.28. The second-order valence-electron chi connectivity index (χ2n) is 5.17. The Kier molecular flexibility index (Phi) is 3.24. The average Bonchev–Trinajstić information content (AvgIpc) is 3.11. The fourth-order valence-corrected chi connectivity index (χ4v) is 3.10. The number of benzene rings is 1. The van der Waals surface area contributed by atoms with E-state index in [9.17, 15) is 4.79 Å². The van der Waals surface area contributed by atoms with Gasteiger partial charge in [-0.05, 0) is 43.9 Å². The first-order valence-electron chi connectivity index (χ1n) is 6.54. The molecule has 100 valence electrons. The topological polar surface area (TPSA) is 68.0 Å². The highest BCUT2D eigenvalue weighted by Gasteiger charge is 2.29. The summed E-state index contributed by atoms with van der Waals surface area (Å²) in [6.45, 7) is 1.98. The maximum atomic E-state index is 11.9. The fourth-order valence-electron chi connectivity index (χ4n) is 2.23. The molecule has 1 atom stereocenters. The van der Waals surface area contributed by atoms with Crippen LogP contribution in [0.15, 0.2) is 18.2 Å². The molecular weight excluding hydrogens is 258 g/mol. The van der Waals surface area contributed by atoms with Gasteiger partial charge >= 0.3 is 0 Å². The summed E-state index contributed by atoms with van der Waals surface area (Å²) in [5.74, 6) is 0.553. The Balaban J connectivity index is 1.68. The minimum absolute atomic E-state index is 0.0000118. The molecule has 0 saturated heterocycles. The Labute approximate surface area is 116 Å². The maximum absolute atomic E-state index is 11.9. The second-order valence-corrected chi connectivity index (χ2v) is 6.40. The molecule has 0 bridgehead atoms. The summed E-state index contributed by atoms with van der Waals surface area (Å²) in [5, 5.41) is 3.95. The number of nitrogens with one attached hydrogen (secondary N) is 1. The molecule has 1 amide bonds. The van der Waals surface area contributed by atoms with Crippen LogP contribution in [0.2, 0.25) is 0 Å². The summed E-state index contributed by atoms with van der Waals surface area (Å²) in [6.07, 6.45) is 2.74. The van der Waals surface area contributed by atoms with E-state index in [-0.39, 0.29) is 11.9 Å². The molecule has 4 nitrogen and oxygen atoms in total. The minimum atomic E-state index is -0.0000118. The average molecular weight is 275 g/mol. The highest BCUT2D eigenvalue weighted by Crippen LogP contribution is 2.33. The lowest BCUT2D eigenvalue weighted by Gasteiger charge is -2.10. The van der Waals surface area contributed by atoms with Crippen molar-refractivity contribution in [2.24, 2.45) is 11.7 Å². The zero-order valence-electron chi connectivity index (χ0n) is 10.8. The quantitative estimate of drug-likeness (QED) is 0.901. The highest BCUT2D eigenvalue weighted by atomic mass is 32.1. The molecule has 0 aliphatic heterocycles. The van der Waals surface area contributed by atoms with E-state index in [1.54, 1.807) is 11.3 Å². The van der Waals surface area contributed by atoms with Crippen LogP contribution in [-0.4, -0.2) is 16.9 Å². The molecule has 19 heavy (non-hydrogen) atoms. The largest absolute Gasteiger partial charge is 0.327 e. The van der Waals surface area contributed by atoms with Gasteiger partial charge < -0.3 is 11.1 Å². The molecule has 5 heteroatoms. The van der Waals surface area contributed by atoms with Crippen LogP contribution in [0.1, 0.15) is 24.3 Å². The lowest BCUT2D eigenvalue weighted by atomic mass is 10.1. The highest BCUT2D eigenvalue weighted by molar-refractivity contribution is 7.18. The van der Waals surface area contributed by atoms with Crippen molar-refractivity contribution in [1.29, 1.82) is 0 Å². The van der Waals surface area contributed by atoms with Gasteiger partial charge in [0, 0.05) is 18.2 Å². The van der Waals surface area contributed by atoms with Crippen molar-refractivity contribution in [3.05, 3.63) is 23.2 Å². The van der Waals surface area contributed by atoms with E-state index in [0.29, 0.717) is 12.3 Å². The molecule has 1 fully saturated rings. The summed E-state index contributed by atoms with van der Waals surface area (Å²) in [6, 6.07) is 5.81. The Morgan fingerprint density at radius 2 is 2.37 bits per heavy atom. The van der Waals surface area contributed by atoms with Gasteiger partial charge in [0.1, 0.15) is 0 Å². The third-order valence-corrected chi connectivity index (χ3v) is 4.36. The van der Waals surface area contributed by atoms with Gasteiger partial charge in [0.15, 0.2) is 0 Å². The van der Waals surface area contributed by atoms with Crippen molar-refractivity contribution >= 4 is 33.1 Å². The smallest absolute Gasteiger partial charge is 0.225 e. The fraction of sp³-hybridized carbons (Fsp3) is 0.429. The third kappa shape index (κ3) is 2.93. The molecule has 2 aromatic rings. The van der Waals surface area contributed by atoms with E-state index in [1.807, 2.05) is 25.1 Å². The molecule has 3 N–H and O–H groups in total. The molecule has 1 aliphatic carbocycles. The summed E-state index contributed by atoms with van der Waals surface area (Å²) in [7, 11) is 0. The second kappa shape index (κ2) is 4.90.